The molecule has 0 spiro atoms. The Hall–Kier alpha value is -2.86. The van der Waals surface area contributed by atoms with Crippen molar-refractivity contribution in [3.05, 3.63) is 64.7 Å². The standard InChI is InChI=1S/C27H34N2O4/c1-18(2)27(31)29-13-12-20-10-11-22(33-17-25(30)28-16-23-5-4-14-32-23)15-24(20)26(29)21-8-6-19(3)7-9-21/h6-11,15,18,23,26H,4-5,12-14,16-17H2,1-3H3,(H,28,30)/t23-,26+/m1/s1. The topological polar surface area (TPSA) is 67.9 Å². The molecule has 0 unspecified atom stereocenters. The van der Waals surface area contributed by atoms with Crippen LogP contribution in [-0.4, -0.2) is 49.1 Å². The first-order valence-electron chi connectivity index (χ1n) is 11.9. The fourth-order valence-electron chi connectivity index (χ4n) is 4.59. The number of benzene rings is 2. The van der Waals surface area contributed by atoms with Crippen molar-refractivity contribution in [1.82, 2.24) is 10.2 Å². The molecule has 1 N–H and O–H groups in total. The lowest BCUT2D eigenvalue weighted by atomic mass is 9.87. The van der Waals surface area contributed by atoms with E-state index in [1.165, 1.54) is 11.1 Å². The molecule has 0 aromatic heterocycles. The van der Waals surface area contributed by atoms with Crippen LogP contribution in [0.25, 0.3) is 0 Å². The molecule has 0 saturated carbocycles. The minimum absolute atomic E-state index is 0.0463. The van der Waals surface area contributed by atoms with E-state index in [1.54, 1.807) is 0 Å². The second-order valence-corrected chi connectivity index (χ2v) is 9.34. The van der Waals surface area contributed by atoms with Gasteiger partial charge in [0, 0.05) is 25.6 Å². The van der Waals surface area contributed by atoms with Crippen molar-refractivity contribution >= 4 is 11.8 Å². The monoisotopic (exact) mass is 450 g/mol. The van der Waals surface area contributed by atoms with E-state index in [9.17, 15) is 9.59 Å². The van der Waals surface area contributed by atoms with E-state index in [4.69, 9.17) is 9.47 Å². The molecule has 2 atom stereocenters. The summed E-state index contributed by atoms with van der Waals surface area (Å²) < 4.78 is 11.4. The Morgan fingerprint density at radius 3 is 2.67 bits per heavy atom. The smallest absolute Gasteiger partial charge is 0.258 e. The van der Waals surface area contributed by atoms with Crippen molar-refractivity contribution in [1.29, 1.82) is 0 Å². The number of carbonyl (C=O) groups is 2. The number of rotatable bonds is 7. The summed E-state index contributed by atoms with van der Waals surface area (Å²) in [5.74, 6) is 0.546. The van der Waals surface area contributed by atoms with Gasteiger partial charge in [0.25, 0.3) is 5.91 Å². The number of hydrogen-bond donors (Lipinski definition) is 1. The van der Waals surface area contributed by atoms with Crippen molar-refractivity contribution < 1.29 is 19.1 Å². The number of hydrogen-bond acceptors (Lipinski definition) is 4. The highest BCUT2D eigenvalue weighted by atomic mass is 16.5. The van der Waals surface area contributed by atoms with Gasteiger partial charge in [0.05, 0.1) is 12.1 Å². The largest absolute Gasteiger partial charge is 0.484 e. The number of amides is 2. The minimum Gasteiger partial charge on any atom is -0.484 e. The quantitative estimate of drug-likeness (QED) is 0.697. The Labute approximate surface area is 196 Å². The molecular weight excluding hydrogens is 416 g/mol. The number of carbonyl (C=O) groups excluding carboxylic acids is 2. The fraction of sp³-hybridized carbons (Fsp3) is 0.481. The van der Waals surface area contributed by atoms with Crippen LogP contribution in [0.1, 0.15) is 55.0 Å². The molecule has 2 amide bonds. The zero-order chi connectivity index (χ0) is 23.4. The number of fused-ring (bicyclic) bond motifs is 1. The lowest BCUT2D eigenvalue weighted by Gasteiger charge is -2.39. The van der Waals surface area contributed by atoms with Gasteiger partial charge in [-0.15, -0.1) is 0 Å². The molecule has 0 bridgehead atoms. The van der Waals surface area contributed by atoms with Crippen molar-refractivity contribution in [2.45, 2.75) is 52.2 Å². The first kappa shape index (κ1) is 23.3. The second-order valence-electron chi connectivity index (χ2n) is 9.34. The predicted molar refractivity (Wildman–Crippen MR) is 127 cm³/mol. The van der Waals surface area contributed by atoms with Gasteiger partial charge in [-0.25, -0.2) is 0 Å². The van der Waals surface area contributed by atoms with E-state index in [-0.39, 0.29) is 36.5 Å². The summed E-state index contributed by atoms with van der Waals surface area (Å²) in [6, 6.07) is 14.2. The third kappa shape index (κ3) is 5.56. The maximum absolute atomic E-state index is 13.1. The zero-order valence-corrected chi connectivity index (χ0v) is 19.8. The lowest BCUT2D eigenvalue weighted by molar-refractivity contribution is -0.136. The maximum Gasteiger partial charge on any atom is 0.258 e. The zero-order valence-electron chi connectivity index (χ0n) is 19.8. The molecule has 1 saturated heterocycles. The van der Waals surface area contributed by atoms with E-state index < -0.39 is 0 Å². The summed E-state index contributed by atoms with van der Waals surface area (Å²) >= 11 is 0. The van der Waals surface area contributed by atoms with Gasteiger partial charge in [-0.1, -0.05) is 49.7 Å². The summed E-state index contributed by atoms with van der Waals surface area (Å²) in [5.41, 5.74) is 4.55. The van der Waals surface area contributed by atoms with E-state index in [2.05, 4.69) is 42.6 Å². The normalized spacial score (nSPS) is 19.9. The Morgan fingerprint density at radius 2 is 1.97 bits per heavy atom. The van der Waals surface area contributed by atoms with Crippen LogP contribution in [0, 0.1) is 12.8 Å². The van der Waals surface area contributed by atoms with Gasteiger partial charge in [-0.3, -0.25) is 9.59 Å². The molecular formula is C27H34N2O4. The average molecular weight is 451 g/mol. The lowest BCUT2D eigenvalue weighted by Crippen LogP contribution is -2.42. The molecule has 0 aliphatic carbocycles. The van der Waals surface area contributed by atoms with Crippen molar-refractivity contribution in [3.8, 4) is 5.75 Å². The molecule has 176 valence electrons. The first-order chi connectivity index (χ1) is 15.9. The van der Waals surface area contributed by atoms with Gasteiger partial charge in [-0.05, 0) is 55.0 Å². The van der Waals surface area contributed by atoms with Gasteiger partial charge >= 0.3 is 0 Å². The van der Waals surface area contributed by atoms with E-state index in [0.717, 1.165) is 37.0 Å². The number of aryl methyl sites for hydroxylation is 1. The van der Waals surface area contributed by atoms with Crippen LogP contribution in [-0.2, 0) is 20.7 Å². The highest BCUT2D eigenvalue weighted by Crippen LogP contribution is 2.38. The predicted octanol–water partition coefficient (Wildman–Crippen LogP) is 3.80. The first-order valence-corrected chi connectivity index (χ1v) is 11.9. The molecule has 2 aliphatic heterocycles. The van der Waals surface area contributed by atoms with Gasteiger partial charge < -0.3 is 19.7 Å². The van der Waals surface area contributed by atoms with Crippen LogP contribution < -0.4 is 10.1 Å². The van der Waals surface area contributed by atoms with Gasteiger partial charge in [0.1, 0.15) is 5.75 Å². The second kappa shape index (κ2) is 10.4. The molecule has 2 aromatic carbocycles. The highest BCUT2D eigenvalue weighted by Gasteiger charge is 2.33. The van der Waals surface area contributed by atoms with Crippen LogP contribution in [0.3, 0.4) is 0 Å². The third-order valence-corrected chi connectivity index (χ3v) is 6.44. The van der Waals surface area contributed by atoms with Crippen molar-refractivity contribution in [2.24, 2.45) is 5.92 Å². The number of ether oxygens (including phenoxy) is 2. The Bertz CT molecular complexity index is 980. The molecule has 0 radical (unpaired) electrons. The number of nitrogens with one attached hydrogen (secondary N) is 1. The van der Waals surface area contributed by atoms with E-state index in [1.807, 2.05) is 30.9 Å². The summed E-state index contributed by atoms with van der Waals surface area (Å²) in [6.07, 6.45) is 2.94. The summed E-state index contributed by atoms with van der Waals surface area (Å²) in [7, 11) is 0. The van der Waals surface area contributed by atoms with Crippen molar-refractivity contribution in [3.63, 3.8) is 0 Å². The van der Waals surface area contributed by atoms with Crippen LogP contribution in [0.2, 0.25) is 0 Å². The molecule has 6 heteroatoms. The summed E-state index contributed by atoms with van der Waals surface area (Å²) in [4.78, 5) is 27.3. The van der Waals surface area contributed by atoms with Crippen LogP contribution in [0.15, 0.2) is 42.5 Å². The highest BCUT2D eigenvalue weighted by molar-refractivity contribution is 5.80. The average Bonchev–Trinajstić information content (AvgIpc) is 3.34. The van der Waals surface area contributed by atoms with Gasteiger partial charge in [0.15, 0.2) is 6.61 Å². The Kier molecular flexibility index (Phi) is 7.33. The van der Waals surface area contributed by atoms with Crippen LogP contribution >= 0.6 is 0 Å². The number of nitrogens with zero attached hydrogens (tertiary/aromatic N) is 1. The molecule has 33 heavy (non-hydrogen) atoms. The SMILES string of the molecule is Cc1ccc([C@H]2c3cc(OCC(=O)NC[C@H]4CCCO4)ccc3CCN2C(=O)C(C)C)cc1. The van der Waals surface area contributed by atoms with Gasteiger partial charge in [-0.2, -0.15) is 0 Å². The molecule has 6 nitrogen and oxygen atoms in total. The molecule has 1 fully saturated rings. The maximum atomic E-state index is 13.1. The molecule has 2 aliphatic rings. The van der Waals surface area contributed by atoms with Crippen LogP contribution in [0.4, 0.5) is 0 Å². The van der Waals surface area contributed by atoms with Crippen molar-refractivity contribution in [2.75, 3.05) is 26.3 Å². The summed E-state index contributed by atoms with van der Waals surface area (Å²) in [5, 5.41) is 2.89. The van der Waals surface area contributed by atoms with E-state index >= 15 is 0 Å². The van der Waals surface area contributed by atoms with Gasteiger partial charge in [0.2, 0.25) is 5.91 Å². The third-order valence-electron chi connectivity index (χ3n) is 6.44. The Morgan fingerprint density at radius 1 is 1.18 bits per heavy atom. The molecule has 2 aromatic rings. The fourth-order valence-corrected chi connectivity index (χ4v) is 4.59. The summed E-state index contributed by atoms with van der Waals surface area (Å²) in [6.45, 7) is 7.88. The van der Waals surface area contributed by atoms with E-state index in [0.29, 0.717) is 18.8 Å². The molecule has 4 rings (SSSR count). The van der Waals surface area contributed by atoms with Crippen LogP contribution in [0.5, 0.6) is 5.75 Å². The Balaban J connectivity index is 1.52. The minimum atomic E-state index is -0.166. The molecule has 2 heterocycles.